The van der Waals surface area contributed by atoms with Crippen molar-refractivity contribution in [3.8, 4) is 11.4 Å². The van der Waals surface area contributed by atoms with Crippen molar-refractivity contribution < 1.29 is 9.18 Å². The predicted octanol–water partition coefficient (Wildman–Crippen LogP) is 3.34. The lowest BCUT2D eigenvalue weighted by Gasteiger charge is -2.02. The maximum Gasteiger partial charge on any atom is 0.167 e. The molecule has 0 radical (unpaired) electrons. The molecule has 1 aromatic carbocycles. The van der Waals surface area contributed by atoms with Gasteiger partial charge < -0.3 is 4.98 Å². The van der Waals surface area contributed by atoms with E-state index >= 15 is 0 Å². The van der Waals surface area contributed by atoms with Crippen molar-refractivity contribution in [2.24, 2.45) is 0 Å². The molecule has 1 N–H and O–H groups in total. The highest BCUT2D eigenvalue weighted by atomic mass is 35.5. The van der Waals surface area contributed by atoms with E-state index in [2.05, 4.69) is 9.97 Å². The second-order valence-corrected chi connectivity index (χ2v) is 3.87. The van der Waals surface area contributed by atoms with E-state index in [4.69, 9.17) is 23.2 Å². The second-order valence-electron chi connectivity index (χ2n) is 3.05. The van der Waals surface area contributed by atoms with Gasteiger partial charge in [0.2, 0.25) is 0 Å². The zero-order valence-electron chi connectivity index (χ0n) is 7.80. The van der Waals surface area contributed by atoms with Gasteiger partial charge in [-0.3, -0.25) is 4.79 Å². The number of nitrogens with zero attached hydrogens (tertiary/aromatic N) is 1. The smallest absolute Gasteiger partial charge is 0.167 e. The van der Waals surface area contributed by atoms with Gasteiger partial charge in [0.25, 0.3) is 0 Å². The van der Waals surface area contributed by atoms with E-state index in [9.17, 15) is 9.18 Å². The molecule has 0 aliphatic carbocycles. The third-order valence-electron chi connectivity index (χ3n) is 1.99. The summed E-state index contributed by atoms with van der Waals surface area (Å²) < 4.78 is 13.2. The topological polar surface area (TPSA) is 45.8 Å². The molecule has 0 amide bonds. The van der Waals surface area contributed by atoms with Crippen LogP contribution in [-0.2, 0) is 0 Å². The highest BCUT2D eigenvalue weighted by Gasteiger charge is 2.11. The molecule has 2 rings (SSSR count). The minimum absolute atomic E-state index is 0.0593. The summed E-state index contributed by atoms with van der Waals surface area (Å²) in [5.41, 5.74) is 0.651. The zero-order chi connectivity index (χ0) is 11.7. The molecule has 0 aliphatic heterocycles. The van der Waals surface area contributed by atoms with Crippen LogP contribution < -0.4 is 0 Å². The van der Waals surface area contributed by atoms with Gasteiger partial charge in [0.05, 0.1) is 21.9 Å². The predicted molar refractivity (Wildman–Crippen MR) is 59.4 cm³/mol. The fourth-order valence-corrected chi connectivity index (χ4v) is 1.71. The minimum atomic E-state index is -0.592. The summed E-state index contributed by atoms with van der Waals surface area (Å²) in [4.78, 5) is 17.1. The monoisotopic (exact) mass is 258 g/mol. The van der Waals surface area contributed by atoms with Crippen molar-refractivity contribution in [3.63, 3.8) is 0 Å². The number of benzene rings is 1. The summed E-state index contributed by atoms with van der Waals surface area (Å²) >= 11 is 11.4. The quantitative estimate of drug-likeness (QED) is 0.664. The molecule has 2 aromatic rings. The first kappa shape index (κ1) is 11.1. The van der Waals surface area contributed by atoms with Gasteiger partial charge in [0.15, 0.2) is 6.29 Å². The molecule has 1 heterocycles. The summed E-state index contributed by atoms with van der Waals surface area (Å²) in [6.45, 7) is 0. The van der Waals surface area contributed by atoms with E-state index in [1.807, 2.05) is 0 Å². The summed E-state index contributed by atoms with van der Waals surface area (Å²) in [6.07, 6.45) is 1.95. The number of aromatic nitrogens is 2. The fraction of sp³-hybridized carbons (Fsp3) is 0. The molecule has 0 saturated heterocycles. The average molecular weight is 259 g/mol. The number of aldehydes is 1. The van der Waals surface area contributed by atoms with E-state index in [1.54, 1.807) is 0 Å². The fourth-order valence-electron chi connectivity index (χ4n) is 1.24. The van der Waals surface area contributed by atoms with Gasteiger partial charge in [-0.2, -0.15) is 0 Å². The lowest BCUT2D eigenvalue weighted by atomic mass is 10.2. The van der Waals surface area contributed by atoms with Crippen molar-refractivity contribution in [2.75, 3.05) is 0 Å². The maximum atomic E-state index is 13.2. The number of hydrogen-bond acceptors (Lipinski definition) is 2. The SMILES string of the molecule is O=Cc1cnc(-c2cc(F)c(Cl)cc2Cl)[nH]1. The lowest BCUT2D eigenvalue weighted by molar-refractivity contribution is 0.111. The number of carbonyl (C=O) groups excluding carboxylic acids is 1. The van der Waals surface area contributed by atoms with Gasteiger partial charge in [-0.15, -0.1) is 0 Å². The van der Waals surface area contributed by atoms with Crippen molar-refractivity contribution in [1.29, 1.82) is 0 Å². The molecule has 0 fully saturated rings. The Morgan fingerprint density at radius 1 is 1.31 bits per heavy atom. The molecule has 6 heteroatoms. The third kappa shape index (κ3) is 1.94. The van der Waals surface area contributed by atoms with Crippen LogP contribution in [0.5, 0.6) is 0 Å². The minimum Gasteiger partial charge on any atom is -0.336 e. The van der Waals surface area contributed by atoms with E-state index in [1.165, 1.54) is 12.3 Å². The first-order valence-electron chi connectivity index (χ1n) is 4.27. The van der Waals surface area contributed by atoms with Crippen LogP contribution in [0, 0.1) is 5.82 Å². The Labute approximate surface area is 100 Å². The van der Waals surface area contributed by atoms with Crippen LogP contribution in [0.2, 0.25) is 10.0 Å². The zero-order valence-corrected chi connectivity index (χ0v) is 9.31. The van der Waals surface area contributed by atoms with E-state index in [0.29, 0.717) is 23.4 Å². The van der Waals surface area contributed by atoms with Crippen LogP contribution in [0.15, 0.2) is 18.3 Å². The van der Waals surface area contributed by atoms with Crippen LogP contribution in [0.25, 0.3) is 11.4 Å². The third-order valence-corrected chi connectivity index (χ3v) is 2.59. The number of H-pyrrole nitrogens is 1. The highest BCUT2D eigenvalue weighted by Crippen LogP contribution is 2.30. The molecule has 82 valence electrons. The van der Waals surface area contributed by atoms with Crippen LogP contribution in [0.4, 0.5) is 4.39 Å². The van der Waals surface area contributed by atoms with E-state index in [0.717, 1.165) is 6.07 Å². The molecule has 0 atom stereocenters. The molecule has 0 saturated carbocycles. The Kier molecular flexibility index (Phi) is 2.94. The standard InChI is InChI=1S/C10H5Cl2FN2O/c11-7-2-8(12)9(13)1-6(7)10-14-3-5(4-16)15-10/h1-4H,(H,14,15). The summed E-state index contributed by atoms with van der Waals surface area (Å²) in [5.74, 6) is -0.271. The number of hydrogen-bond donors (Lipinski definition) is 1. The number of imidazole rings is 1. The normalized spacial score (nSPS) is 10.4. The molecule has 3 nitrogen and oxygen atoms in total. The van der Waals surface area contributed by atoms with Gasteiger partial charge in [-0.1, -0.05) is 23.2 Å². The Morgan fingerprint density at radius 2 is 2.06 bits per heavy atom. The van der Waals surface area contributed by atoms with Gasteiger partial charge >= 0.3 is 0 Å². The van der Waals surface area contributed by atoms with Crippen molar-refractivity contribution in [2.45, 2.75) is 0 Å². The summed E-state index contributed by atoms with van der Waals surface area (Å²) in [6, 6.07) is 2.45. The summed E-state index contributed by atoms with van der Waals surface area (Å²) in [5, 5.41) is 0.203. The molecule has 0 spiro atoms. The van der Waals surface area contributed by atoms with Crippen molar-refractivity contribution >= 4 is 29.5 Å². The number of carbonyl (C=O) groups is 1. The molecular weight excluding hydrogens is 254 g/mol. The maximum absolute atomic E-state index is 13.2. The van der Waals surface area contributed by atoms with E-state index < -0.39 is 5.82 Å². The lowest BCUT2D eigenvalue weighted by Crippen LogP contribution is -1.86. The van der Waals surface area contributed by atoms with Crippen molar-refractivity contribution in [1.82, 2.24) is 9.97 Å². The van der Waals surface area contributed by atoms with Crippen molar-refractivity contribution in [3.05, 3.63) is 39.9 Å². The van der Waals surface area contributed by atoms with Crippen LogP contribution in [0.3, 0.4) is 0 Å². The van der Waals surface area contributed by atoms with Gasteiger partial charge in [0, 0.05) is 5.56 Å². The average Bonchev–Trinajstić information content (AvgIpc) is 2.71. The Balaban J connectivity index is 2.55. The molecule has 16 heavy (non-hydrogen) atoms. The van der Waals surface area contributed by atoms with E-state index in [-0.39, 0.29) is 10.0 Å². The Hall–Kier alpha value is -1.39. The molecule has 0 unspecified atom stereocenters. The number of halogens is 3. The number of rotatable bonds is 2. The van der Waals surface area contributed by atoms with Gasteiger partial charge in [0.1, 0.15) is 11.6 Å². The van der Waals surface area contributed by atoms with Gasteiger partial charge in [-0.05, 0) is 12.1 Å². The first-order valence-corrected chi connectivity index (χ1v) is 5.02. The second kappa shape index (κ2) is 4.23. The number of aromatic amines is 1. The number of nitrogens with one attached hydrogen (secondary N) is 1. The molecule has 1 aromatic heterocycles. The molecular formula is C10H5Cl2FN2O. The molecule has 0 aliphatic rings. The Morgan fingerprint density at radius 3 is 2.69 bits per heavy atom. The molecule has 0 bridgehead atoms. The highest BCUT2D eigenvalue weighted by molar-refractivity contribution is 6.36. The largest absolute Gasteiger partial charge is 0.336 e. The summed E-state index contributed by atoms with van der Waals surface area (Å²) in [7, 11) is 0. The Bertz CT molecular complexity index is 554. The van der Waals surface area contributed by atoms with Crippen LogP contribution in [0.1, 0.15) is 10.5 Å². The van der Waals surface area contributed by atoms with Gasteiger partial charge in [-0.25, -0.2) is 9.37 Å². The van der Waals surface area contributed by atoms with Crippen LogP contribution >= 0.6 is 23.2 Å². The first-order chi connectivity index (χ1) is 7.61. The van der Waals surface area contributed by atoms with Crippen LogP contribution in [-0.4, -0.2) is 16.3 Å².